The molecule has 1 heterocycles. The second-order valence-electron chi connectivity index (χ2n) is 5.11. The third-order valence-electron chi connectivity index (χ3n) is 3.95. The molecule has 5 nitrogen and oxygen atoms in total. The van der Waals surface area contributed by atoms with Crippen molar-refractivity contribution < 1.29 is 19.5 Å². The molecule has 0 saturated carbocycles. The largest absolute Gasteiger partial charge is 0.478 e. The van der Waals surface area contributed by atoms with Crippen molar-refractivity contribution in [3.8, 4) is 0 Å². The fourth-order valence-electron chi connectivity index (χ4n) is 2.94. The number of hydrogen-bond acceptors (Lipinski definition) is 3. The summed E-state index contributed by atoms with van der Waals surface area (Å²) in [5.74, 6) is -2.56. The van der Waals surface area contributed by atoms with Crippen molar-refractivity contribution in [3.63, 3.8) is 0 Å². The highest BCUT2D eigenvalue weighted by atomic mass is 79.9. The monoisotopic (exact) mass is 349 g/mol. The number of para-hydroxylation sites is 1. The highest BCUT2D eigenvalue weighted by Crippen LogP contribution is 2.41. The molecule has 1 saturated heterocycles. The number of carboxylic acids is 1. The molecule has 3 rings (SSSR count). The third kappa shape index (κ3) is 2.10. The number of imide groups is 1. The van der Waals surface area contributed by atoms with Crippen LogP contribution in [0.25, 0.3) is 0 Å². The quantitative estimate of drug-likeness (QED) is 0.657. The second kappa shape index (κ2) is 5.11. The van der Waals surface area contributed by atoms with Crippen LogP contribution in [0.3, 0.4) is 0 Å². The van der Waals surface area contributed by atoms with Gasteiger partial charge in [0.05, 0.1) is 23.1 Å². The average molecular weight is 350 g/mol. The number of allylic oxidation sites excluding steroid dienone is 2. The molecule has 1 fully saturated rings. The topological polar surface area (TPSA) is 74.7 Å². The Morgan fingerprint density at radius 2 is 1.71 bits per heavy atom. The summed E-state index contributed by atoms with van der Waals surface area (Å²) in [4.78, 5) is 37.5. The van der Waals surface area contributed by atoms with Gasteiger partial charge in [-0.2, -0.15) is 0 Å². The van der Waals surface area contributed by atoms with Crippen LogP contribution in [0.1, 0.15) is 23.2 Å². The standard InChI is InChI=1S/C15H12BrNO4/c16-11-7-3-6-10(15(20)21)12(11)17-13(18)8-4-1-2-5-9(8)14(17)19/h1-3,6-9H,4-5H2,(H,20,21)/t8-,9+. The molecule has 1 aromatic carbocycles. The highest BCUT2D eigenvalue weighted by molar-refractivity contribution is 9.10. The first kappa shape index (κ1) is 14.0. The average Bonchev–Trinajstić information content (AvgIpc) is 2.72. The van der Waals surface area contributed by atoms with Crippen molar-refractivity contribution in [2.45, 2.75) is 12.8 Å². The number of amides is 2. The van der Waals surface area contributed by atoms with E-state index in [9.17, 15) is 19.5 Å². The SMILES string of the molecule is O=C(O)c1cccc(Br)c1N1C(=O)[C@H]2CC=CC[C@H]2C1=O. The van der Waals surface area contributed by atoms with E-state index < -0.39 is 5.97 Å². The van der Waals surface area contributed by atoms with Gasteiger partial charge in [0.2, 0.25) is 11.8 Å². The molecule has 2 amide bonds. The lowest BCUT2D eigenvalue weighted by molar-refractivity contribution is -0.122. The first-order valence-corrected chi connectivity index (χ1v) is 7.36. The zero-order chi connectivity index (χ0) is 15.1. The normalized spacial score (nSPS) is 24.3. The fourth-order valence-corrected chi connectivity index (χ4v) is 3.48. The minimum Gasteiger partial charge on any atom is -0.478 e. The second-order valence-corrected chi connectivity index (χ2v) is 5.96. The van der Waals surface area contributed by atoms with Gasteiger partial charge in [-0.25, -0.2) is 9.69 Å². The molecule has 108 valence electrons. The molecule has 0 radical (unpaired) electrons. The number of rotatable bonds is 2. The lowest BCUT2D eigenvalue weighted by Gasteiger charge is -2.18. The number of fused-ring (bicyclic) bond motifs is 1. The smallest absolute Gasteiger partial charge is 0.337 e. The van der Waals surface area contributed by atoms with Crippen molar-refractivity contribution >= 4 is 39.4 Å². The summed E-state index contributed by atoms with van der Waals surface area (Å²) in [6.07, 6.45) is 4.85. The van der Waals surface area contributed by atoms with Crippen LogP contribution in [0, 0.1) is 11.8 Å². The molecule has 0 spiro atoms. The van der Waals surface area contributed by atoms with Crippen molar-refractivity contribution in [1.29, 1.82) is 0 Å². The van der Waals surface area contributed by atoms with Gasteiger partial charge >= 0.3 is 5.97 Å². The lowest BCUT2D eigenvalue weighted by atomic mass is 9.85. The lowest BCUT2D eigenvalue weighted by Crippen LogP contribution is -2.32. The van der Waals surface area contributed by atoms with Gasteiger partial charge in [0, 0.05) is 4.47 Å². The van der Waals surface area contributed by atoms with Gasteiger partial charge in [0.1, 0.15) is 0 Å². The van der Waals surface area contributed by atoms with Crippen molar-refractivity contribution in [2.24, 2.45) is 11.8 Å². The summed E-state index contributed by atoms with van der Waals surface area (Å²) in [5, 5.41) is 9.30. The van der Waals surface area contributed by atoms with E-state index in [0.717, 1.165) is 4.90 Å². The molecular formula is C15H12BrNO4. The molecule has 1 N–H and O–H groups in total. The van der Waals surface area contributed by atoms with Crippen LogP contribution in [0.4, 0.5) is 5.69 Å². The maximum Gasteiger partial charge on any atom is 0.337 e. The molecule has 0 unspecified atom stereocenters. The Kier molecular flexibility index (Phi) is 3.41. The number of anilines is 1. The Morgan fingerprint density at radius 1 is 1.14 bits per heavy atom. The number of nitrogens with zero attached hydrogens (tertiary/aromatic N) is 1. The number of hydrogen-bond donors (Lipinski definition) is 1. The zero-order valence-electron chi connectivity index (χ0n) is 11.0. The van der Waals surface area contributed by atoms with Crippen LogP contribution >= 0.6 is 15.9 Å². The molecule has 1 aromatic rings. The van der Waals surface area contributed by atoms with Crippen molar-refractivity contribution in [1.82, 2.24) is 0 Å². The van der Waals surface area contributed by atoms with E-state index in [1.807, 2.05) is 12.2 Å². The summed E-state index contributed by atoms with van der Waals surface area (Å²) in [6.45, 7) is 0. The number of halogens is 1. The van der Waals surface area contributed by atoms with Gasteiger partial charge in [-0.1, -0.05) is 18.2 Å². The molecule has 1 aliphatic carbocycles. The van der Waals surface area contributed by atoms with Gasteiger partial charge < -0.3 is 5.11 Å². The molecule has 6 heteroatoms. The van der Waals surface area contributed by atoms with Gasteiger partial charge in [-0.15, -0.1) is 0 Å². The van der Waals surface area contributed by atoms with E-state index in [2.05, 4.69) is 15.9 Å². The first-order chi connectivity index (χ1) is 10.0. The van der Waals surface area contributed by atoms with Crippen molar-refractivity contribution in [2.75, 3.05) is 4.90 Å². The summed E-state index contributed by atoms with van der Waals surface area (Å²) >= 11 is 3.25. The van der Waals surface area contributed by atoms with E-state index in [4.69, 9.17) is 0 Å². The Bertz CT molecular complexity index is 656. The van der Waals surface area contributed by atoms with E-state index in [1.165, 1.54) is 6.07 Å². The molecule has 0 bridgehead atoms. The van der Waals surface area contributed by atoms with Crippen LogP contribution in [-0.4, -0.2) is 22.9 Å². The zero-order valence-corrected chi connectivity index (χ0v) is 12.5. The number of carboxylic acid groups (broad SMARTS) is 1. The number of benzene rings is 1. The third-order valence-corrected chi connectivity index (χ3v) is 4.59. The Hall–Kier alpha value is -1.95. The maximum absolute atomic E-state index is 12.5. The van der Waals surface area contributed by atoms with E-state index in [0.29, 0.717) is 17.3 Å². The predicted octanol–water partition coefficient (Wildman–Crippen LogP) is 2.60. The number of aromatic carboxylic acids is 1. The highest BCUT2D eigenvalue weighted by Gasteiger charge is 2.49. The van der Waals surface area contributed by atoms with Crippen LogP contribution in [-0.2, 0) is 9.59 Å². The van der Waals surface area contributed by atoms with Gasteiger partial charge in [-0.05, 0) is 40.9 Å². The summed E-state index contributed by atoms with van der Waals surface area (Å²) in [7, 11) is 0. The van der Waals surface area contributed by atoms with E-state index in [-0.39, 0.29) is 34.9 Å². The number of carbonyl (C=O) groups is 3. The molecule has 2 atom stereocenters. The Labute approximate surface area is 129 Å². The Balaban J connectivity index is 2.12. The molecule has 21 heavy (non-hydrogen) atoms. The van der Waals surface area contributed by atoms with Crippen LogP contribution in [0.2, 0.25) is 0 Å². The van der Waals surface area contributed by atoms with Crippen LogP contribution in [0.5, 0.6) is 0 Å². The minimum atomic E-state index is -1.17. The Morgan fingerprint density at radius 3 is 2.24 bits per heavy atom. The summed E-state index contributed by atoms with van der Waals surface area (Å²) < 4.78 is 0.427. The van der Waals surface area contributed by atoms with Crippen LogP contribution in [0.15, 0.2) is 34.8 Å². The summed E-state index contributed by atoms with van der Waals surface area (Å²) in [6, 6.07) is 4.59. The van der Waals surface area contributed by atoms with Gasteiger partial charge in [-0.3, -0.25) is 9.59 Å². The van der Waals surface area contributed by atoms with E-state index in [1.54, 1.807) is 12.1 Å². The fraction of sp³-hybridized carbons (Fsp3) is 0.267. The van der Waals surface area contributed by atoms with Crippen LogP contribution < -0.4 is 4.90 Å². The summed E-state index contributed by atoms with van der Waals surface area (Å²) in [5.41, 5.74) is 0.0760. The molecule has 1 aliphatic heterocycles. The van der Waals surface area contributed by atoms with Gasteiger partial charge in [0.15, 0.2) is 0 Å². The molecule has 0 aromatic heterocycles. The maximum atomic E-state index is 12.5. The van der Waals surface area contributed by atoms with E-state index >= 15 is 0 Å². The number of carbonyl (C=O) groups excluding carboxylic acids is 2. The van der Waals surface area contributed by atoms with Crippen molar-refractivity contribution in [3.05, 3.63) is 40.4 Å². The predicted molar refractivity (Wildman–Crippen MR) is 78.9 cm³/mol. The molecular weight excluding hydrogens is 338 g/mol. The minimum absolute atomic E-state index is 0.0577. The van der Waals surface area contributed by atoms with Gasteiger partial charge in [0.25, 0.3) is 0 Å². The first-order valence-electron chi connectivity index (χ1n) is 6.57. The molecule has 2 aliphatic rings.